The summed E-state index contributed by atoms with van der Waals surface area (Å²) in [4.78, 5) is 16.8. The van der Waals surface area contributed by atoms with Gasteiger partial charge in [0.15, 0.2) is 5.82 Å². The summed E-state index contributed by atoms with van der Waals surface area (Å²) >= 11 is 1.29. The van der Waals surface area contributed by atoms with E-state index < -0.39 is 17.0 Å². The first-order valence-corrected chi connectivity index (χ1v) is 8.30. The number of rotatable bonds is 2. The zero-order valence-electron chi connectivity index (χ0n) is 13.3. The van der Waals surface area contributed by atoms with E-state index >= 15 is 0 Å². The molecule has 0 bridgehead atoms. The van der Waals surface area contributed by atoms with Gasteiger partial charge in [-0.1, -0.05) is 30.0 Å². The molecule has 1 aromatic carbocycles. The first-order valence-electron chi connectivity index (χ1n) is 7.42. The smallest absolute Gasteiger partial charge is 0.268 e. The fourth-order valence-corrected chi connectivity index (χ4v) is 3.79. The second kappa shape index (κ2) is 5.84. The molecule has 8 heteroatoms. The molecule has 3 rings (SSSR count). The van der Waals surface area contributed by atoms with Crippen molar-refractivity contribution < 1.29 is 13.2 Å². The monoisotopic (exact) mass is 355 g/mol. The highest BCUT2D eigenvalue weighted by molar-refractivity contribution is 8.14. The van der Waals surface area contributed by atoms with Gasteiger partial charge in [0.25, 0.3) is 5.56 Å². The Bertz CT molecular complexity index is 864. The van der Waals surface area contributed by atoms with Crippen molar-refractivity contribution in [3.8, 4) is 0 Å². The number of H-pyrrole nitrogens is 1. The largest absolute Gasteiger partial charge is 0.416 e. The Morgan fingerprint density at radius 2 is 2.04 bits per heavy atom. The van der Waals surface area contributed by atoms with Crippen molar-refractivity contribution in [2.75, 3.05) is 0 Å². The summed E-state index contributed by atoms with van der Waals surface area (Å²) in [7, 11) is 0. The molecule has 4 nitrogen and oxygen atoms in total. The molecule has 1 aliphatic rings. The highest BCUT2D eigenvalue weighted by Gasteiger charge is 2.34. The summed E-state index contributed by atoms with van der Waals surface area (Å²) in [6.45, 7) is 5.60. The zero-order valence-corrected chi connectivity index (χ0v) is 14.1. The van der Waals surface area contributed by atoms with Crippen LogP contribution in [0.2, 0.25) is 0 Å². The SMILES string of the molecule is CC1=Nc2c(c(=O)[nH]n2C(C)C)[C@@H](c2cccc(C(F)(F)F)c2)S1. The van der Waals surface area contributed by atoms with Crippen LogP contribution in [-0.2, 0) is 6.18 Å². The summed E-state index contributed by atoms with van der Waals surface area (Å²) in [6, 6.07) is 5.10. The number of benzene rings is 1. The number of aliphatic imine (C=N–C) groups is 1. The third-order valence-corrected chi connectivity index (χ3v) is 4.96. The van der Waals surface area contributed by atoms with Gasteiger partial charge >= 0.3 is 6.18 Å². The molecular weight excluding hydrogens is 339 g/mol. The van der Waals surface area contributed by atoms with Crippen molar-refractivity contribution in [2.45, 2.75) is 38.2 Å². The number of aromatic nitrogens is 2. The Hall–Kier alpha value is -1.96. The zero-order chi connectivity index (χ0) is 17.6. The van der Waals surface area contributed by atoms with Crippen molar-refractivity contribution in [1.29, 1.82) is 0 Å². The van der Waals surface area contributed by atoms with Gasteiger partial charge in [-0.3, -0.25) is 14.6 Å². The number of hydrogen-bond acceptors (Lipinski definition) is 3. The average molecular weight is 355 g/mol. The molecule has 0 aliphatic carbocycles. The Morgan fingerprint density at radius 1 is 1.33 bits per heavy atom. The number of nitrogens with one attached hydrogen (secondary N) is 1. The molecule has 1 aliphatic heterocycles. The van der Waals surface area contributed by atoms with E-state index in [1.54, 1.807) is 17.7 Å². The first-order chi connectivity index (χ1) is 11.2. The van der Waals surface area contributed by atoms with Gasteiger partial charge in [0.1, 0.15) is 0 Å². The van der Waals surface area contributed by atoms with E-state index in [0.717, 1.165) is 12.1 Å². The highest BCUT2D eigenvalue weighted by Crippen LogP contribution is 2.45. The molecule has 0 radical (unpaired) electrons. The summed E-state index contributed by atoms with van der Waals surface area (Å²) in [6.07, 6.45) is -4.42. The lowest BCUT2D eigenvalue weighted by Gasteiger charge is -2.22. The Kier molecular flexibility index (Phi) is 4.11. The van der Waals surface area contributed by atoms with Crippen LogP contribution in [0.15, 0.2) is 34.1 Å². The minimum Gasteiger partial charge on any atom is -0.268 e. The van der Waals surface area contributed by atoms with Gasteiger partial charge < -0.3 is 0 Å². The summed E-state index contributed by atoms with van der Waals surface area (Å²) < 4.78 is 40.6. The van der Waals surface area contributed by atoms with E-state index in [4.69, 9.17) is 0 Å². The van der Waals surface area contributed by atoms with Crippen molar-refractivity contribution in [2.24, 2.45) is 4.99 Å². The van der Waals surface area contributed by atoms with Gasteiger partial charge in [-0.2, -0.15) is 13.2 Å². The van der Waals surface area contributed by atoms with Crippen LogP contribution in [-0.4, -0.2) is 14.8 Å². The topological polar surface area (TPSA) is 50.1 Å². The summed E-state index contributed by atoms with van der Waals surface area (Å²) in [5.74, 6) is 0.494. The van der Waals surface area contributed by atoms with E-state index in [1.807, 2.05) is 13.8 Å². The van der Waals surface area contributed by atoms with Crippen LogP contribution in [0.5, 0.6) is 0 Å². The molecule has 0 unspecified atom stereocenters. The number of aromatic amines is 1. The fraction of sp³-hybridized carbons (Fsp3) is 0.375. The number of alkyl halides is 3. The van der Waals surface area contributed by atoms with Gasteiger partial charge in [0, 0.05) is 6.04 Å². The van der Waals surface area contributed by atoms with E-state index in [-0.39, 0.29) is 11.6 Å². The number of fused-ring (bicyclic) bond motifs is 1. The Labute approximate surface area is 140 Å². The summed E-state index contributed by atoms with van der Waals surface area (Å²) in [5.41, 5.74) is -0.192. The summed E-state index contributed by atoms with van der Waals surface area (Å²) in [5, 5.41) is 2.93. The predicted molar refractivity (Wildman–Crippen MR) is 89.1 cm³/mol. The number of nitrogens with zero attached hydrogens (tertiary/aromatic N) is 2. The van der Waals surface area contributed by atoms with Gasteiger partial charge in [-0.25, -0.2) is 4.99 Å². The van der Waals surface area contributed by atoms with Crippen LogP contribution in [0.1, 0.15) is 48.8 Å². The maximum Gasteiger partial charge on any atom is 0.416 e. The number of hydrogen-bond donors (Lipinski definition) is 1. The molecule has 128 valence electrons. The van der Waals surface area contributed by atoms with Crippen LogP contribution in [0.4, 0.5) is 19.0 Å². The number of thioether (sulfide) groups is 1. The molecule has 0 spiro atoms. The minimum atomic E-state index is -4.42. The van der Waals surface area contributed by atoms with Gasteiger partial charge in [-0.05, 0) is 32.4 Å². The van der Waals surface area contributed by atoms with Crippen molar-refractivity contribution in [3.63, 3.8) is 0 Å². The van der Waals surface area contributed by atoms with Gasteiger partial charge in [0.2, 0.25) is 0 Å². The highest BCUT2D eigenvalue weighted by atomic mass is 32.2. The maximum absolute atomic E-state index is 13.0. The lowest BCUT2D eigenvalue weighted by atomic mass is 10.0. The number of halogens is 3. The van der Waals surface area contributed by atoms with Crippen LogP contribution >= 0.6 is 11.8 Å². The quantitative estimate of drug-likeness (QED) is 0.852. The third kappa shape index (κ3) is 2.90. The van der Waals surface area contributed by atoms with Gasteiger partial charge in [0.05, 0.1) is 21.4 Å². The molecule has 0 saturated heterocycles. The standard InChI is InChI=1S/C16H16F3N3OS/c1-8(2)22-14-12(15(23)21-22)13(24-9(3)20-14)10-5-4-6-11(7-10)16(17,18)19/h4-8,13H,1-3H3,(H,21,23)/t13-/m1/s1. The van der Waals surface area contributed by atoms with Gasteiger partial charge in [-0.15, -0.1) is 0 Å². The average Bonchev–Trinajstić information content (AvgIpc) is 2.83. The fourth-order valence-electron chi connectivity index (χ4n) is 2.70. The molecule has 24 heavy (non-hydrogen) atoms. The third-order valence-electron chi connectivity index (χ3n) is 3.78. The molecule has 0 amide bonds. The minimum absolute atomic E-state index is 0.0109. The molecule has 2 aromatic rings. The molecule has 2 heterocycles. The lowest BCUT2D eigenvalue weighted by molar-refractivity contribution is -0.137. The van der Waals surface area contributed by atoms with E-state index in [0.29, 0.717) is 22.0 Å². The van der Waals surface area contributed by atoms with Crippen molar-refractivity contribution in [1.82, 2.24) is 9.78 Å². The molecule has 1 N–H and O–H groups in total. The molecule has 0 fully saturated rings. The second-order valence-electron chi connectivity index (χ2n) is 5.89. The van der Waals surface area contributed by atoms with Crippen LogP contribution in [0.3, 0.4) is 0 Å². The Balaban J connectivity index is 2.16. The van der Waals surface area contributed by atoms with E-state index in [2.05, 4.69) is 10.1 Å². The molecule has 1 aromatic heterocycles. The molecule has 1 atom stereocenters. The van der Waals surface area contributed by atoms with Crippen LogP contribution in [0, 0.1) is 0 Å². The van der Waals surface area contributed by atoms with E-state index in [1.165, 1.54) is 17.8 Å². The first kappa shape index (κ1) is 16.9. The van der Waals surface area contributed by atoms with Crippen LogP contribution in [0.25, 0.3) is 0 Å². The lowest BCUT2D eigenvalue weighted by Crippen LogP contribution is -2.14. The van der Waals surface area contributed by atoms with Crippen molar-refractivity contribution in [3.05, 3.63) is 51.3 Å². The Morgan fingerprint density at radius 3 is 2.67 bits per heavy atom. The molecular formula is C16H16F3N3OS. The van der Waals surface area contributed by atoms with Crippen molar-refractivity contribution >= 4 is 22.6 Å². The molecule has 0 saturated carbocycles. The normalized spacial score (nSPS) is 17.8. The van der Waals surface area contributed by atoms with E-state index in [9.17, 15) is 18.0 Å². The van der Waals surface area contributed by atoms with Crippen LogP contribution < -0.4 is 5.56 Å². The second-order valence-corrected chi connectivity index (χ2v) is 7.19. The predicted octanol–water partition coefficient (Wildman–Crippen LogP) is 4.66. The maximum atomic E-state index is 13.0.